The fraction of sp³-hybridized carbons (Fsp3) is 0.182. The largest absolute Gasteiger partial charge is 0.416 e. The molecular formula is C22H16F6N4O2S2. The number of alkyl halides is 6. The summed E-state index contributed by atoms with van der Waals surface area (Å²) in [7, 11) is -3.85. The van der Waals surface area contributed by atoms with Gasteiger partial charge in [-0.3, -0.25) is 4.72 Å². The number of aryl methyl sites for hydroxylation is 2. The molecule has 0 fully saturated rings. The molecule has 2 heterocycles. The third kappa shape index (κ3) is 5.87. The Morgan fingerprint density at radius 2 is 1.64 bits per heavy atom. The molecule has 0 saturated carbocycles. The van der Waals surface area contributed by atoms with Crippen LogP contribution in [-0.2, 0) is 35.2 Å². The topological polar surface area (TPSA) is 87.7 Å². The second kappa shape index (κ2) is 9.58. The maximum atomic E-state index is 13.3. The SMILES string of the molecule is O=S(=O)(Nc1nccs1)c1ccc(-c2ncc(CCc3cc(C(F)(F)F)ccc3C(F)(F)F)[nH]2)cc1. The monoisotopic (exact) mass is 546 g/mol. The van der Waals surface area contributed by atoms with Crippen molar-refractivity contribution in [3.8, 4) is 11.4 Å². The number of H-pyrrole nitrogens is 1. The standard InChI is InChI=1S/C22H16F6N4O2S2/c23-21(24,25)15-4-8-18(22(26,27)28)14(11-15)1-5-16-12-30-19(31-16)13-2-6-17(7-3-13)36(33,34)32-20-29-9-10-35-20/h2-4,6-12H,1,5H2,(H,29,32)(H,30,31). The van der Waals surface area contributed by atoms with Crippen LogP contribution in [0.4, 0.5) is 31.5 Å². The van der Waals surface area contributed by atoms with E-state index in [1.54, 1.807) is 5.38 Å². The predicted molar refractivity (Wildman–Crippen MR) is 121 cm³/mol. The molecular weight excluding hydrogens is 530 g/mol. The molecule has 0 unspecified atom stereocenters. The van der Waals surface area contributed by atoms with Crippen molar-refractivity contribution >= 4 is 26.5 Å². The first-order chi connectivity index (χ1) is 16.8. The highest BCUT2D eigenvalue weighted by Gasteiger charge is 2.36. The Hall–Kier alpha value is -3.39. The van der Waals surface area contributed by atoms with E-state index in [2.05, 4.69) is 19.7 Å². The first-order valence-electron chi connectivity index (χ1n) is 10.2. The summed E-state index contributed by atoms with van der Waals surface area (Å²) in [5, 5.41) is 1.83. The zero-order chi connectivity index (χ0) is 26.1. The molecule has 0 aliphatic rings. The lowest BCUT2D eigenvalue weighted by Crippen LogP contribution is -2.13. The number of sulfonamides is 1. The lowest BCUT2D eigenvalue weighted by molar-refractivity contribution is -0.141. The molecule has 2 aromatic heterocycles. The highest BCUT2D eigenvalue weighted by atomic mass is 32.2. The molecule has 4 rings (SSSR count). The maximum Gasteiger partial charge on any atom is 0.416 e. The number of aromatic nitrogens is 3. The number of thiazole rings is 1. The molecule has 0 radical (unpaired) electrons. The molecule has 0 spiro atoms. The summed E-state index contributed by atoms with van der Waals surface area (Å²) >= 11 is 1.12. The van der Waals surface area contributed by atoms with Gasteiger partial charge in [-0.15, -0.1) is 11.3 Å². The average Bonchev–Trinajstić information content (AvgIpc) is 3.48. The van der Waals surface area contributed by atoms with E-state index in [0.717, 1.165) is 11.3 Å². The number of rotatable bonds is 7. The number of hydrogen-bond donors (Lipinski definition) is 2. The van der Waals surface area contributed by atoms with Crippen LogP contribution in [0.3, 0.4) is 0 Å². The van der Waals surface area contributed by atoms with E-state index in [0.29, 0.717) is 35.3 Å². The molecule has 36 heavy (non-hydrogen) atoms. The van der Waals surface area contributed by atoms with Crippen LogP contribution < -0.4 is 4.72 Å². The van der Waals surface area contributed by atoms with Gasteiger partial charge >= 0.3 is 12.4 Å². The number of imidazole rings is 1. The van der Waals surface area contributed by atoms with E-state index in [1.807, 2.05) is 0 Å². The molecule has 2 aromatic carbocycles. The van der Waals surface area contributed by atoms with Crippen molar-refractivity contribution in [1.29, 1.82) is 0 Å². The molecule has 0 bridgehead atoms. The van der Waals surface area contributed by atoms with E-state index in [9.17, 15) is 34.8 Å². The number of halogens is 6. The number of nitrogens with zero attached hydrogens (tertiary/aromatic N) is 2. The Kier molecular flexibility index (Phi) is 6.84. The minimum atomic E-state index is -4.80. The zero-order valence-corrected chi connectivity index (χ0v) is 19.6. The number of aromatic amines is 1. The Labute approximate surface area is 205 Å². The van der Waals surface area contributed by atoms with Gasteiger partial charge in [0.15, 0.2) is 5.13 Å². The smallest absolute Gasteiger partial charge is 0.342 e. The minimum absolute atomic E-state index is 0.0162. The van der Waals surface area contributed by atoms with Gasteiger partial charge in [0.25, 0.3) is 10.0 Å². The Balaban J connectivity index is 1.49. The van der Waals surface area contributed by atoms with Crippen molar-refractivity contribution in [1.82, 2.24) is 15.0 Å². The van der Waals surface area contributed by atoms with Crippen LogP contribution in [0.1, 0.15) is 22.4 Å². The van der Waals surface area contributed by atoms with Gasteiger partial charge in [0.1, 0.15) is 5.82 Å². The second-order valence-corrected chi connectivity index (χ2v) is 10.2. The van der Waals surface area contributed by atoms with Gasteiger partial charge in [-0.05, 0) is 60.9 Å². The number of anilines is 1. The highest BCUT2D eigenvalue weighted by Crippen LogP contribution is 2.37. The Bertz CT molecular complexity index is 1450. The van der Waals surface area contributed by atoms with Crippen LogP contribution in [0.2, 0.25) is 0 Å². The first kappa shape index (κ1) is 25.7. The second-order valence-electron chi connectivity index (χ2n) is 7.59. The summed E-state index contributed by atoms with van der Waals surface area (Å²) in [4.78, 5) is 10.9. The molecule has 0 atom stereocenters. The Morgan fingerprint density at radius 1 is 0.917 bits per heavy atom. The number of benzene rings is 2. The lowest BCUT2D eigenvalue weighted by Gasteiger charge is -2.15. The molecule has 6 nitrogen and oxygen atoms in total. The van der Waals surface area contributed by atoms with E-state index in [1.165, 1.54) is 36.7 Å². The minimum Gasteiger partial charge on any atom is -0.342 e. The summed E-state index contributed by atoms with van der Waals surface area (Å²) in [6.45, 7) is 0. The summed E-state index contributed by atoms with van der Waals surface area (Å²) < 4.78 is 106. The summed E-state index contributed by atoms with van der Waals surface area (Å²) in [6.07, 6.45) is -7.08. The zero-order valence-electron chi connectivity index (χ0n) is 18.0. The van der Waals surface area contributed by atoms with Crippen LogP contribution in [-0.4, -0.2) is 23.4 Å². The van der Waals surface area contributed by atoms with Crippen LogP contribution in [0.15, 0.2) is 65.1 Å². The summed E-state index contributed by atoms with van der Waals surface area (Å²) in [5.74, 6) is 0.321. The molecule has 0 amide bonds. The molecule has 0 aliphatic carbocycles. The van der Waals surface area contributed by atoms with Crippen molar-refractivity contribution in [2.45, 2.75) is 30.1 Å². The molecule has 190 valence electrons. The van der Waals surface area contributed by atoms with Crippen molar-refractivity contribution in [3.63, 3.8) is 0 Å². The fourth-order valence-corrected chi connectivity index (χ4v) is 5.18. The van der Waals surface area contributed by atoms with Crippen LogP contribution in [0.5, 0.6) is 0 Å². The number of nitrogens with one attached hydrogen (secondary N) is 2. The van der Waals surface area contributed by atoms with E-state index in [-0.39, 0.29) is 22.9 Å². The third-order valence-corrected chi connectivity index (χ3v) is 7.29. The van der Waals surface area contributed by atoms with Gasteiger partial charge in [0, 0.05) is 29.0 Å². The summed E-state index contributed by atoms with van der Waals surface area (Å²) in [6, 6.07) is 7.06. The van der Waals surface area contributed by atoms with E-state index in [4.69, 9.17) is 0 Å². The van der Waals surface area contributed by atoms with E-state index >= 15 is 0 Å². The molecule has 2 N–H and O–H groups in total. The molecule has 14 heteroatoms. The third-order valence-electron chi connectivity index (χ3n) is 5.12. The Morgan fingerprint density at radius 3 is 2.25 bits per heavy atom. The van der Waals surface area contributed by atoms with Crippen LogP contribution in [0, 0.1) is 0 Å². The van der Waals surface area contributed by atoms with Crippen molar-refractivity contribution in [3.05, 3.63) is 82.6 Å². The first-order valence-corrected chi connectivity index (χ1v) is 12.5. The van der Waals surface area contributed by atoms with Gasteiger partial charge in [0.05, 0.1) is 16.0 Å². The van der Waals surface area contributed by atoms with Crippen molar-refractivity contribution < 1.29 is 34.8 Å². The normalized spacial score (nSPS) is 12.6. The van der Waals surface area contributed by atoms with Gasteiger partial charge < -0.3 is 4.98 Å². The van der Waals surface area contributed by atoms with Gasteiger partial charge in [0.2, 0.25) is 0 Å². The van der Waals surface area contributed by atoms with E-state index < -0.39 is 39.1 Å². The quantitative estimate of drug-likeness (QED) is 0.272. The number of hydrogen-bond acceptors (Lipinski definition) is 5. The highest BCUT2D eigenvalue weighted by molar-refractivity contribution is 7.93. The lowest BCUT2D eigenvalue weighted by atomic mass is 9.98. The van der Waals surface area contributed by atoms with Crippen molar-refractivity contribution in [2.24, 2.45) is 0 Å². The molecule has 0 saturated heterocycles. The molecule has 0 aliphatic heterocycles. The van der Waals surface area contributed by atoms with Gasteiger partial charge in [-0.2, -0.15) is 26.3 Å². The maximum absolute atomic E-state index is 13.3. The average molecular weight is 547 g/mol. The van der Waals surface area contributed by atoms with Crippen LogP contribution >= 0.6 is 11.3 Å². The van der Waals surface area contributed by atoms with Gasteiger partial charge in [-0.25, -0.2) is 18.4 Å². The fourth-order valence-electron chi connectivity index (χ4n) is 3.40. The van der Waals surface area contributed by atoms with Crippen LogP contribution in [0.25, 0.3) is 11.4 Å². The predicted octanol–water partition coefficient (Wildman–Crippen LogP) is 6.16. The molecule has 4 aromatic rings. The van der Waals surface area contributed by atoms with Gasteiger partial charge in [-0.1, -0.05) is 0 Å². The summed E-state index contributed by atoms with van der Waals surface area (Å²) in [5.41, 5.74) is -1.86. The van der Waals surface area contributed by atoms with Crippen molar-refractivity contribution in [2.75, 3.05) is 4.72 Å².